The standard InChI is InChI=1S/C24H34F2N2O2S/c1-16(2)4-5-17-6-7-18-13-24(10-8-19(30-3)9-11-24)22(20(18)12-17)27-23(31)28(15-29)14-21(25)26/h6-7,12,15-16,19,21-22H,4-5,8-11,13-14H2,1-3H3,(H,27,31)/t19-,22?,24-. The summed E-state index contributed by atoms with van der Waals surface area (Å²) in [6.07, 6.45) is 4.94. The summed E-state index contributed by atoms with van der Waals surface area (Å²) in [5.74, 6) is 0.626. The van der Waals surface area contributed by atoms with Gasteiger partial charge in [-0.05, 0) is 85.2 Å². The van der Waals surface area contributed by atoms with Crippen LogP contribution in [0.4, 0.5) is 8.78 Å². The number of amides is 1. The van der Waals surface area contributed by atoms with E-state index in [4.69, 9.17) is 17.0 Å². The van der Waals surface area contributed by atoms with Gasteiger partial charge in [0.15, 0.2) is 5.11 Å². The molecule has 0 aromatic heterocycles. The largest absolute Gasteiger partial charge is 0.381 e. The normalized spacial score (nSPS) is 25.1. The highest BCUT2D eigenvalue weighted by atomic mass is 32.1. The van der Waals surface area contributed by atoms with Gasteiger partial charge in [-0.1, -0.05) is 32.0 Å². The van der Waals surface area contributed by atoms with Gasteiger partial charge in [0.25, 0.3) is 6.43 Å². The summed E-state index contributed by atoms with van der Waals surface area (Å²) in [6, 6.07) is 6.60. The Bertz CT molecular complexity index is 779. The first-order valence-corrected chi connectivity index (χ1v) is 11.6. The number of ether oxygens (including phenoxy) is 1. The lowest BCUT2D eigenvalue weighted by atomic mass is 9.68. The zero-order valence-electron chi connectivity index (χ0n) is 18.7. The van der Waals surface area contributed by atoms with Crippen LogP contribution in [0, 0.1) is 11.3 Å². The lowest BCUT2D eigenvalue weighted by Gasteiger charge is -2.42. The van der Waals surface area contributed by atoms with Gasteiger partial charge in [-0.15, -0.1) is 0 Å². The Balaban J connectivity index is 1.88. The monoisotopic (exact) mass is 452 g/mol. The third kappa shape index (κ3) is 5.61. The molecule has 0 heterocycles. The fourth-order valence-electron chi connectivity index (χ4n) is 5.12. The van der Waals surface area contributed by atoms with Gasteiger partial charge in [0.05, 0.1) is 18.7 Å². The van der Waals surface area contributed by atoms with Gasteiger partial charge in [0.2, 0.25) is 6.41 Å². The molecule has 31 heavy (non-hydrogen) atoms. The van der Waals surface area contributed by atoms with Gasteiger partial charge in [0, 0.05) is 7.11 Å². The fraction of sp³-hybridized carbons (Fsp3) is 0.667. The van der Waals surface area contributed by atoms with E-state index in [-0.39, 0.29) is 22.7 Å². The van der Waals surface area contributed by atoms with E-state index >= 15 is 0 Å². The minimum absolute atomic E-state index is 0.0442. The van der Waals surface area contributed by atoms with E-state index in [0.717, 1.165) is 49.8 Å². The van der Waals surface area contributed by atoms with Crippen LogP contribution in [0.5, 0.6) is 0 Å². The number of nitrogens with one attached hydrogen (secondary N) is 1. The van der Waals surface area contributed by atoms with Crippen LogP contribution >= 0.6 is 12.2 Å². The Hall–Kier alpha value is -1.60. The molecule has 1 atom stereocenters. The summed E-state index contributed by atoms with van der Waals surface area (Å²) in [6.45, 7) is 3.74. The predicted octanol–water partition coefficient (Wildman–Crippen LogP) is 5.05. The molecule has 4 nitrogen and oxygen atoms in total. The second-order valence-electron chi connectivity index (χ2n) is 9.47. The van der Waals surface area contributed by atoms with Crippen LogP contribution in [0.25, 0.3) is 0 Å². The zero-order valence-corrected chi connectivity index (χ0v) is 19.5. The van der Waals surface area contributed by atoms with Crippen LogP contribution in [0.15, 0.2) is 18.2 Å². The number of nitrogens with zero attached hydrogens (tertiary/aromatic N) is 1. The molecule has 1 N–H and O–H groups in total. The smallest absolute Gasteiger partial charge is 0.256 e. The van der Waals surface area contributed by atoms with Crippen LogP contribution < -0.4 is 5.32 Å². The van der Waals surface area contributed by atoms with Crippen LogP contribution in [-0.2, 0) is 22.4 Å². The highest BCUT2D eigenvalue weighted by molar-refractivity contribution is 7.80. The molecular weight excluding hydrogens is 418 g/mol. The Kier molecular flexibility index (Phi) is 8.03. The third-order valence-corrected chi connectivity index (χ3v) is 7.29. The highest BCUT2D eigenvalue weighted by Crippen LogP contribution is 2.54. The number of benzene rings is 1. The first-order valence-electron chi connectivity index (χ1n) is 11.2. The van der Waals surface area contributed by atoms with Gasteiger partial charge in [0.1, 0.15) is 0 Å². The minimum atomic E-state index is -2.63. The maximum atomic E-state index is 12.9. The molecule has 7 heteroatoms. The number of aryl methyl sites for hydroxylation is 1. The summed E-state index contributed by atoms with van der Waals surface area (Å²) in [5, 5.41) is 3.41. The number of carbonyl (C=O) groups excluding carboxylic acids is 1. The molecule has 0 saturated heterocycles. The number of methoxy groups -OCH3 is 1. The fourth-order valence-corrected chi connectivity index (χ4v) is 5.36. The number of hydrogen-bond acceptors (Lipinski definition) is 3. The molecule has 0 bridgehead atoms. The first-order chi connectivity index (χ1) is 14.8. The molecule has 172 valence electrons. The maximum absolute atomic E-state index is 12.9. The number of rotatable bonds is 8. The number of halogens is 2. The maximum Gasteiger partial charge on any atom is 0.256 e. The lowest BCUT2D eigenvalue weighted by molar-refractivity contribution is -0.116. The summed E-state index contributed by atoms with van der Waals surface area (Å²) in [4.78, 5) is 12.3. The number of carbonyl (C=O) groups is 1. The van der Waals surface area contributed by atoms with Crippen molar-refractivity contribution in [2.75, 3.05) is 13.7 Å². The van der Waals surface area contributed by atoms with E-state index in [1.807, 2.05) is 0 Å². The van der Waals surface area contributed by atoms with E-state index in [0.29, 0.717) is 12.3 Å². The van der Waals surface area contributed by atoms with Crippen molar-refractivity contribution in [1.29, 1.82) is 0 Å². The second kappa shape index (κ2) is 10.3. The SMILES string of the molecule is CO[C@H]1CC[C@]2(CC1)Cc1ccc(CCC(C)C)cc1C2NC(=S)N(C=O)CC(F)F. The van der Waals surface area contributed by atoms with Gasteiger partial charge in [-0.2, -0.15) is 0 Å². The third-order valence-electron chi connectivity index (χ3n) is 6.94. The average molecular weight is 453 g/mol. The molecule has 2 aliphatic rings. The van der Waals surface area contributed by atoms with E-state index in [1.165, 1.54) is 16.7 Å². The van der Waals surface area contributed by atoms with Gasteiger partial charge in [-0.25, -0.2) is 8.78 Å². The van der Waals surface area contributed by atoms with Crippen molar-refractivity contribution >= 4 is 23.7 Å². The Morgan fingerprint density at radius 3 is 2.65 bits per heavy atom. The van der Waals surface area contributed by atoms with Crippen LogP contribution in [-0.4, -0.2) is 42.6 Å². The molecule has 1 unspecified atom stereocenters. The van der Waals surface area contributed by atoms with Crippen molar-refractivity contribution in [1.82, 2.24) is 10.2 Å². The Morgan fingerprint density at radius 1 is 1.35 bits per heavy atom. The molecule has 3 rings (SSSR count). The van der Waals surface area contributed by atoms with E-state index < -0.39 is 13.0 Å². The predicted molar refractivity (Wildman–Crippen MR) is 122 cm³/mol. The number of thiocarbonyl (C=S) groups is 1. The Morgan fingerprint density at radius 2 is 2.06 bits per heavy atom. The quantitative estimate of drug-likeness (QED) is 0.443. The van der Waals surface area contributed by atoms with Crippen molar-refractivity contribution < 1.29 is 18.3 Å². The average Bonchev–Trinajstić information content (AvgIpc) is 3.03. The van der Waals surface area contributed by atoms with Gasteiger partial charge in [-0.3, -0.25) is 9.69 Å². The van der Waals surface area contributed by atoms with Gasteiger partial charge < -0.3 is 10.1 Å². The number of hydrogen-bond donors (Lipinski definition) is 1. The molecule has 1 amide bonds. The molecule has 1 spiro atoms. The minimum Gasteiger partial charge on any atom is -0.381 e. The summed E-state index contributed by atoms with van der Waals surface area (Å²) < 4.78 is 31.4. The molecule has 0 aliphatic heterocycles. The first kappa shape index (κ1) is 24.1. The molecule has 1 aromatic carbocycles. The second-order valence-corrected chi connectivity index (χ2v) is 9.86. The molecule has 1 fully saturated rings. The van der Waals surface area contributed by atoms with Crippen molar-refractivity contribution in [3.63, 3.8) is 0 Å². The van der Waals surface area contributed by atoms with Crippen LogP contribution in [0.2, 0.25) is 0 Å². The van der Waals surface area contributed by atoms with E-state index in [1.54, 1.807) is 7.11 Å². The lowest BCUT2D eigenvalue weighted by Crippen LogP contribution is -2.47. The molecule has 1 aromatic rings. The molecular formula is C24H34F2N2O2S. The summed E-state index contributed by atoms with van der Waals surface area (Å²) >= 11 is 5.40. The molecule has 0 radical (unpaired) electrons. The Labute approximate surface area is 189 Å². The molecule has 1 saturated carbocycles. The zero-order chi connectivity index (χ0) is 22.6. The van der Waals surface area contributed by atoms with E-state index in [9.17, 15) is 13.6 Å². The van der Waals surface area contributed by atoms with Gasteiger partial charge >= 0.3 is 0 Å². The van der Waals surface area contributed by atoms with Crippen molar-refractivity contribution in [2.45, 2.75) is 77.4 Å². The van der Waals surface area contributed by atoms with E-state index in [2.05, 4.69) is 37.4 Å². The van der Waals surface area contributed by atoms with Crippen molar-refractivity contribution in [3.8, 4) is 0 Å². The topological polar surface area (TPSA) is 41.6 Å². The molecule has 2 aliphatic carbocycles. The number of alkyl halides is 2. The van der Waals surface area contributed by atoms with Crippen LogP contribution in [0.3, 0.4) is 0 Å². The van der Waals surface area contributed by atoms with Crippen molar-refractivity contribution in [2.24, 2.45) is 11.3 Å². The van der Waals surface area contributed by atoms with Crippen molar-refractivity contribution in [3.05, 3.63) is 34.9 Å². The highest BCUT2D eigenvalue weighted by Gasteiger charge is 2.48. The van der Waals surface area contributed by atoms with Crippen LogP contribution in [0.1, 0.15) is 68.7 Å². The number of fused-ring (bicyclic) bond motifs is 1. The summed E-state index contributed by atoms with van der Waals surface area (Å²) in [5.41, 5.74) is 3.73. The summed E-state index contributed by atoms with van der Waals surface area (Å²) in [7, 11) is 1.75.